The summed E-state index contributed by atoms with van der Waals surface area (Å²) in [6.45, 7) is 1.48. The molecular weight excluding hydrogens is 342 g/mol. The van der Waals surface area contributed by atoms with Crippen LogP contribution in [0.15, 0.2) is 24.3 Å². The highest BCUT2D eigenvalue weighted by molar-refractivity contribution is 6.37. The number of imide groups is 1. The molecule has 10 nitrogen and oxygen atoms in total. The minimum atomic E-state index is -1.47. The molecule has 1 heterocycles. The summed E-state index contributed by atoms with van der Waals surface area (Å²) in [6, 6.07) is 5.86. The molecule has 1 aliphatic rings. The predicted molar refractivity (Wildman–Crippen MR) is 91.6 cm³/mol. The lowest BCUT2D eigenvalue weighted by Gasteiger charge is -2.36. The smallest absolute Gasteiger partial charge is 0.414 e. The van der Waals surface area contributed by atoms with Gasteiger partial charge in [-0.05, 0) is 31.2 Å². The van der Waals surface area contributed by atoms with Gasteiger partial charge in [-0.1, -0.05) is 0 Å². The van der Waals surface area contributed by atoms with E-state index in [1.165, 1.54) is 4.90 Å². The summed E-state index contributed by atoms with van der Waals surface area (Å²) >= 11 is 0. The highest BCUT2D eigenvalue weighted by atomic mass is 16.4. The largest absolute Gasteiger partial charge is 0.465 e. The molecule has 2 rings (SSSR count). The molecular formula is C16H19N5O5. The number of carbonyl (C=O) groups excluding carboxylic acids is 3. The van der Waals surface area contributed by atoms with Gasteiger partial charge in [-0.25, -0.2) is 9.69 Å². The van der Waals surface area contributed by atoms with Crippen LogP contribution in [0.25, 0.3) is 0 Å². The Morgan fingerprint density at radius 3 is 2.42 bits per heavy atom. The first-order chi connectivity index (χ1) is 12.2. The van der Waals surface area contributed by atoms with Gasteiger partial charge in [0.15, 0.2) is 0 Å². The van der Waals surface area contributed by atoms with Gasteiger partial charge >= 0.3 is 17.9 Å². The van der Waals surface area contributed by atoms with Crippen LogP contribution in [0.4, 0.5) is 10.5 Å². The number of anilines is 1. The Hall–Kier alpha value is -3.43. The lowest BCUT2D eigenvalue weighted by Crippen LogP contribution is -2.60. The van der Waals surface area contributed by atoms with Crippen molar-refractivity contribution in [1.82, 2.24) is 9.80 Å². The second-order valence-electron chi connectivity index (χ2n) is 5.84. The maximum absolute atomic E-state index is 12.0. The number of nitrogen functional groups attached to an aromatic ring is 1. The van der Waals surface area contributed by atoms with Crippen LogP contribution in [-0.2, 0) is 14.4 Å². The lowest BCUT2D eigenvalue weighted by molar-refractivity contribution is -0.157. The number of hydrogen-bond acceptors (Lipinski definition) is 5. The molecule has 1 aromatic carbocycles. The van der Waals surface area contributed by atoms with Gasteiger partial charge in [0, 0.05) is 30.3 Å². The predicted octanol–water partition coefficient (Wildman–Crippen LogP) is 0.0366. The fraction of sp³-hybridized carbons (Fsp3) is 0.312. The van der Waals surface area contributed by atoms with Gasteiger partial charge < -0.3 is 21.1 Å². The summed E-state index contributed by atoms with van der Waals surface area (Å²) in [5.74, 6) is -2.50. The van der Waals surface area contributed by atoms with E-state index in [-0.39, 0.29) is 31.3 Å². The van der Waals surface area contributed by atoms with Crippen molar-refractivity contribution >= 4 is 35.3 Å². The van der Waals surface area contributed by atoms with E-state index in [1.54, 1.807) is 31.2 Å². The number of carboxylic acid groups (broad SMARTS) is 1. The van der Waals surface area contributed by atoms with Crippen molar-refractivity contribution in [3.8, 4) is 0 Å². The van der Waals surface area contributed by atoms with Crippen LogP contribution >= 0.6 is 0 Å². The number of benzene rings is 1. The van der Waals surface area contributed by atoms with Crippen LogP contribution in [0.3, 0.4) is 0 Å². The van der Waals surface area contributed by atoms with Crippen LogP contribution < -0.4 is 11.1 Å². The zero-order valence-electron chi connectivity index (χ0n) is 14.1. The summed E-state index contributed by atoms with van der Waals surface area (Å²) in [5.41, 5.74) is 6.38. The van der Waals surface area contributed by atoms with Gasteiger partial charge in [0.05, 0.1) is 6.54 Å². The van der Waals surface area contributed by atoms with E-state index in [9.17, 15) is 19.2 Å². The van der Waals surface area contributed by atoms with Gasteiger partial charge in [0.1, 0.15) is 5.84 Å². The molecule has 0 saturated carbocycles. The Labute approximate surface area is 149 Å². The average Bonchev–Trinajstić information content (AvgIpc) is 2.58. The van der Waals surface area contributed by atoms with Gasteiger partial charge in [-0.15, -0.1) is 0 Å². The maximum Gasteiger partial charge on any atom is 0.414 e. The highest BCUT2D eigenvalue weighted by Crippen LogP contribution is 2.14. The molecule has 0 aliphatic carbocycles. The molecule has 1 saturated heterocycles. The quantitative estimate of drug-likeness (QED) is 0.329. The van der Waals surface area contributed by atoms with Crippen molar-refractivity contribution in [3.63, 3.8) is 0 Å². The minimum absolute atomic E-state index is 0.00341. The number of amidine groups is 1. The van der Waals surface area contributed by atoms with E-state index in [0.29, 0.717) is 16.2 Å². The highest BCUT2D eigenvalue weighted by Gasteiger charge is 2.39. The maximum atomic E-state index is 12.0. The number of nitrogens with two attached hydrogens (primary N) is 1. The molecule has 0 bridgehead atoms. The van der Waals surface area contributed by atoms with Crippen LogP contribution in [0.5, 0.6) is 0 Å². The summed E-state index contributed by atoms with van der Waals surface area (Å²) in [5, 5.41) is 18.9. The van der Waals surface area contributed by atoms with Crippen LogP contribution in [-0.4, -0.2) is 63.7 Å². The van der Waals surface area contributed by atoms with Gasteiger partial charge in [0.2, 0.25) is 5.91 Å². The van der Waals surface area contributed by atoms with E-state index < -0.39 is 23.9 Å². The first-order valence-corrected chi connectivity index (χ1v) is 7.80. The fourth-order valence-corrected chi connectivity index (χ4v) is 2.55. The van der Waals surface area contributed by atoms with E-state index >= 15 is 0 Å². The molecule has 1 aromatic rings. The summed E-state index contributed by atoms with van der Waals surface area (Å²) in [6.07, 6.45) is -1.52. The minimum Gasteiger partial charge on any atom is -0.465 e. The van der Waals surface area contributed by atoms with Crippen molar-refractivity contribution in [2.24, 2.45) is 5.73 Å². The number of piperazine rings is 1. The lowest BCUT2D eigenvalue weighted by atomic mass is 10.1. The molecule has 1 fully saturated rings. The number of rotatable bonds is 5. The second-order valence-corrected chi connectivity index (χ2v) is 5.84. The Balaban J connectivity index is 1.92. The zero-order chi connectivity index (χ0) is 19.4. The molecule has 0 radical (unpaired) electrons. The normalized spacial score (nSPS) is 17.2. The number of nitrogens with one attached hydrogen (secondary N) is 2. The third-order valence-corrected chi connectivity index (χ3v) is 3.96. The first-order valence-electron chi connectivity index (χ1n) is 7.80. The van der Waals surface area contributed by atoms with Crippen LogP contribution in [0.1, 0.15) is 18.9 Å². The van der Waals surface area contributed by atoms with Crippen LogP contribution in [0, 0.1) is 5.41 Å². The number of hydrogen-bond donors (Lipinski definition) is 4. The topological polar surface area (TPSA) is 157 Å². The second kappa shape index (κ2) is 7.64. The number of amides is 4. The Morgan fingerprint density at radius 2 is 1.88 bits per heavy atom. The van der Waals surface area contributed by atoms with Crippen molar-refractivity contribution in [2.45, 2.75) is 19.4 Å². The van der Waals surface area contributed by atoms with Crippen molar-refractivity contribution in [1.29, 1.82) is 5.41 Å². The molecule has 0 aromatic heterocycles. The molecule has 1 aliphatic heterocycles. The Bertz CT molecular complexity index is 761. The SMILES string of the molecule is CC1CN(C(=O)O)C(=O)C(=O)N1CCC(=O)Nc1ccc(C(=N)N)cc1. The molecule has 1 unspecified atom stereocenters. The van der Waals surface area contributed by atoms with Crippen LogP contribution in [0.2, 0.25) is 0 Å². The van der Waals surface area contributed by atoms with Gasteiger partial charge in [0.25, 0.3) is 0 Å². The molecule has 10 heteroatoms. The monoisotopic (exact) mass is 361 g/mol. The Morgan fingerprint density at radius 1 is 1.27 bits per heavy atom. The zero-order valence-corrected chi connectivity index (χ0v) is 14.1. The molecule has 5 N–H and O–H groups in total. The van der Waals surface area contributed by atoms with E-state index in [4.69, 9.17) is 16.2 Å². The standard InChI is InChI=1S/C16H19N5O5/c1-9-8-21(16(25)26)15(24)14(23)20(9)7-6-12(22)19-11-4-2-10(3-5-11)13(17)18/h2-5,9H,6-8H2,1H3,(H3,17,18)(H,19,22)(H,25,26). The van der Waals surface area contributed by atoms with E-state index in [2.05, 4.69) is 5.32 Å². The van der Waals surface area contributed by atoms with Gasteiger partial charge in [-0.2, -0.15) is 0 Å². The van der Waals surface area contributed by atoms with Gasteiger partial charge in [-0.3, -0.25) is 19.8 Å². The fourth-order valence-electron chi connectivity index (χ4n) is 2.55. The number of nitrogens with zero attached hydrogens (tertiary/aromatic N) is 2. The first kappa shape index (κ1) is 18.9. The number of carbonyl (C=O) groups is 4. The molecule has 26 heavy (non-hydrogen) atoms. The average molecular weight is 361 g/mol. The molecule has 1 atom stereocenters. The van der Waals surface area contributed by atoms with E-state index in [1.807, 2.05) is 0 Å². The van der Waals surface area contributed by atoms with Crippen molar-refractivity contribution < 1.29 is 24.3 Å². The van der Waals surface area contributed by atoms with E-state index in [0.717, 1.165) is 0 Å². The summed E-state index contributed by atoms with van der Waals surface area (Å²) in [4.78, 5) is 48.5. The third kappa shape index (κ3) is 4.15. The Kier molecular flexibility index (Phi) is 5.55. The molecule has 0 spiro atoms. The van der Waals surface area contributed by atoms with Crippen molar-refractivity contribution in [2.75, 3.05) is 18.4 Å². The molecule has 138 valence electrons. The summed E-state index contributed by atoms with van der Waals surface area (Å²) in [7, 11) is 0. The summed E-state index contributed by atoms with van der Waals surface area (Å²) < 4.78 is 0. The van der Waals surface area contributed by atoms with Crippen molar-refractivity contribution in [3.05, 3.63) is 29.8 Å². The third-order valence-electron chi connectivity index (χ3n) is 3.96. The molecule has 4 amide bonds.